The first-order valence-corrected chi connectivity index (χ1v) is 16.9. The van der Waals surface area contributed by atoms with Crippen molar-refractivity contribution >= 4 is 37.6 Å². The van der Waals surface area contributed by atoms with Crippen LogP contribution in [0.1, 0.15) is 30.4 Å². The maximum Gasteiger partial charge on any atom is 0.317 e. The van der Waals surface area contributed by atoms with Crippen molar-refractivity contribution in [3.63, 3.8) is 0 Å². The number of halogens is 3. The number of rotatable bonds is 9. The van der Waals surface area contributed by atoms with Gasteiger partial charge in [0.15, 0.2) is 5.82 Å². The van der Waals surface area contributed by atoms with Gasteiger partial charge < -0.3 is 10.1 Å². The maximum absolute atomic E-state index is 16.6. The number of terminal acetylenes is 1. The third kappa shape index (κ3) is 5.80. The highest BCUT2D eigenvalue weighted by molar-refractivity contribution is 7.85. The van der Waals surface area contributed by atoms with Crippen LogP contribution in [0.25, 0.3) is 32.9 Å². The SMILES string of the molecule is C#Cc1c(F)ccc2cccc(-c3nc(NCCc4cccc(S(=O)(=O)O)c4)c4cnc(OC[C@@]56CCCN5C[C@H](F)C6)nc4c3F)c12. The fourth-order valence-corrected chi connectivity index (χ4v) is 7.50. The van der Waals surface area contributed by atoms with Crippen LogP contribution in [0.5, 0.6) is 6.01 Å². The first kappa shape index (κ1) is 31.8. The molecule has 2 aliphatic heterocycles. The fourth-order valence-electron chi connectivity index (χ4n) is 6.95. The summed E-state index contributed by atoms with van der Waals surface area (Å²) in [6.07, 6.45) is 8.52. The van der Waals surface area contributed by atoms with Crippen LogP contribution in [0, 0.1) is 24.0 Å². The molecule has 0 saturated carbocycles. The molecule has 7 rings (SSSR count). The molecule has 0 radical (unpaired) electrons. The lowest BCUT2D eigenvalue weighted by Crippen LogP contribution is -2.43. The minimum Gasteiger partial charge on any atom is -0.461 e. The molecule has 2 aromatic heterocycles. The molecule has 48 heavy (non-hydrogen) atoms. The topological polar surface area (TPSA) is 118 Å². The highest BCUT2D eigenvalue weighted by Crippen LogP contribution is 2.41. The van der Waals surface area contributed by atoms with Gasteiger partial charge in [-0.1, -0.05) is 42.3 Å². The highest BCUT2D eigenvalue weighted by atomic mass is 32.2. The molecule has 9 nitrogen and oxygen atoms in total. The number of benzene rings is 3. The predicted molar refractivity (Wildman–Crippen MR) is 175 cm³/mol. The van der Waals surface area contributed by atoms with Crippen LogP contribution in [0.3, 0.4) is 0 Å². The number of fused-ring (bicyclic) bond motifs is 3. The Morgan fingerprint density at radius 3 is 2.79 bits per heavy atom. The van der Waals surface area contributed by atoms with E-state index in [9.17, 15) is 21.8 Å². The number of nitrogens with zero attached hydrogens (tertiary/aromatic N) is 4. The Balaban J connectivity index is 1.29. The number of alkyl halides is 1. The molecule has 0 spiro atoms. The molecular weight excluding hydrogens is 643 g/mol. The minimum atomic E-state index is -4.39. The zero-order chi connectivity index (χ0) is 33.6. The van der Waals surface area contributed by atoms with E-state index in [4.69, 9.17) is 11.2 Å². The van der Waals surface area contributed by atoms with E-state index in [1.165, 1.54) is 30.5 Å². The number of hydrogen-bond donors (Lipinski definition) is 2. The molecule has 4 heterocycles. The Bertz CT molecular complexity index is 2230. The molecule has 0 unspecified atom stereocenters. The summed E-state index contributed by atoms with van der Waals surface area (Å²) in [6.45, 7) is 1.52. The second kappa shape index (κ2) is 12.4. The number of nitrogens with one attached hydrogen (secondary N) is 1. The Morgan fingerprint density at radius 2 is 1.98 bits per heavy atom. The van der Waals surface area contributed by atoms with Gasteiger partial charge in [-0.2, -0.15) is 13.4 Å². The standard InChI is InChI=1S/C35H30F3N5O4S/c1-2-25-28(37)11-10-22-7-4-9-26(29(22)25)31-30(38)32-27(33(41-31)39-14-12-21-6-3-8-24(16-21)48(44,45)46)18-40-34(42-32)47-20-35-13-5-15-43(35)19-23(36)17-35/h1,3-4,6-11,16,18,23H,5,12-15,17,19-20H2,(H,39,41)(H,44,45,46)/t23-,35+/m1/s1. The molecule has 2 saturated heterocycles. The van der Waals surface area contributed by atoms with E-state index in [1.54, 1.807) is 30.3 Å². The molecule has 0 aliphatic carbocycles. The molecule has 2 atom stereocenters. The van der Waals surface area contributed by atoms with Crippen LogP contribution in [0.15, 0.2) is 65.7 Å². The molecule has 246 valence electrons. The van der Waals surface area contributed by atoms with E-state index in [0.717, 1.165) is 19.4 Å². The first-order chi connectivity index (χ1) is 23.1. The van der Waals surface area contributed by atoms with Gasteiger partial charge >= 0.3 is 6.01 Å². The van der Waals surface area contributed by atoms with E-state index in [0.29, 0.717) is 35.7 Å². The summed E-state index contributed by atoms with van der Waals surface area (Å²) in [6, 6.07) is 13.6. The molecule has 2 N–H and O–H groups in total. The monoisotopic (exact) mass is 673 g/mol. The van der Waals surface area contributed by atoms with Crippen LogP contribution < -0.4 is 10.1 Å². The quantitative estimate of drug-likeness (QED) is 0.144. The van der Waals surface area contributed by atoms with Crippen molar-refractivity contribution in [1.29, 1.82) is 0 Å². The summed E-state index contributed by atoms with van der Waals surface area (Å²) >= 11 is 0. The summed E-state index contributed by atoms with van der Waals surface area (Å²) in [7, 11) is -4.39. The molecule has 0 amide bonds. The van der Waals surface area contributed by atoms with E-state index in [1.807, 2.05) is 0 Å². The van der Waals surface area contributed by atoms with Crippen LogP contribution >= 0.6 is 0 Å². The van der Waals surface area contributed by atoms with E-state index < -0.39 is 33.5 Å². The van der Waals surface area contributed by atoms with Crippen LogP contribution in [0.4, 0.5) is 19.0 Å². The lowest BCUT2D eigenvalue weighted by molar-refractivity contribution is 0.107. The van der Waals surface area contributed by atoms with Gasteiger partial charge in [-0.25, -0.2) is 23.1 Å². The van der Waals surface area contributed by atoms with Crippen LogP contribution in [-0.4, -0.2) is 70.8 Å². The second-order valence-corrected chi connectivity index (χ2v) is 13.6. The van der Waals surface area contributed by atoms with Gasteiger partial charge in [0.1, 0.15) is 35.6 Å². The second-order valence-electron chi connectivity index (χ2n) is 12.2. The van der Waals surface area contributed by atoms with Gasteiger partial charge in [0, 0.05) is 36.7 Å². The average molecular weight is 674 g/mol. The number of hydrogen-bond acceptors (Lipinski definition) is 8. The zero-order valence-corrected chi connectivity index (χ0v) is 26.4. The van der Waals surface area contributed by atoms with Crippen LogP contribution in [-0.2, 0) is 16.5 Å². The van der Waals surface area contributed by atoms with Gasteiger partial charge in [0.25, 0.3) is 10.1 Å². The van der Waals surface area contributed by atoms with Crippen molar-refractivity contribution in [1.82, 2.24) is 19.9 Å². The summed E-state index contributed by atoms with van der Waals surface area (Å²) < 4.78 is 84.5. The third-order valence-corrected chi connectivity index (χ3v) is 10.0. The van der Waals surface area contributed by atoms with Gasteiger partial charge in [-0.05, 0) is 55.0 Å². The Morgan fingerprint density at radius 1 is 1.15 bits per heavy atom. The molecule has 5 aromatic rings. The largest absolute Gasteiger partial charge is 0.461 e. The Hall–Kier alpha value is -4.77. The Labute approximate surface area is 274 Å². The number of ether oxygens (including phenoxy) is 1. The van der Waals surface area contributed by atoms with Crippen LogP contribution in [0.2, 0.25) is 0 Å². The highest BCUT2D eigenvalue weighted by Gasteiger charge is 2.49. The molecule has 3 aromatic carbocycles. The molecule has 2 fully saturated rings. The van der Waals surface area contributed by atoms with Crippen molar-refractivity contribution in [3.8, 4) is 29.6 Å². The molecule has 2 aliphatic rings. The van der Waals surface area contributed by atoms with Crippen molar-refractivity contribution in [3.05, 3.63) is 83.6 Å². The van der Waals surface area contributed by atoms with Gasteiger partial charge in [-0.15, -0.1) is 6.42 Å². The van der Waals surface area contributed by atoms with Crippen molar-refractivity contribution in [2.24, 2.45) is 0 Å². The van der Waals surface area contributed by atoms with Gasteiger partial charge in [0.05, 0.1) is 21.4 Å². The summed E-state index contributed by atoms with van der Waals surface area (Å²) in [4.78, 5) is 15.3. The number of aromatic nitrogens is 3. The lowest BCUT2D eigenvalue weighted by Gasteiger charge is -2.30. The number of pyridine rings is 1. The predicted octanol–water partition coefficient (Wildman–Crippen LogP) is 5.96. The summed E-state index contributed by atoms with van der Waals surface area (Å²) in [5.74, 6) is 1.17. The zero-order valence-electron chi connectivity index (χ0n) is 25.6. The molecule has 13 heteroatoms. The maximum atomic E-state index is 16.6. The molecular formula is C35H30F3N5O4S. The van der Waals surface area contributed by atoms with Crippen molar-refractivity contribution in [2.75, 3.05) is 31.6 Å². The first-order valence-electron chi connectivity index (χ1n) is 15.4. The van der Waals surface area contributed by atoms with Gasteiger partial charge in [0.2, 0.25) is 0 Å². The van der Waals surface area contributed by atoms with Crippen molar-refractivity contribution < 1.29 is 30.9 Å². The Kier molecular flexibility index (Phi) is 8.19. The lowest BCUT2D eigenvalue weighted by atomic mass is 9.95. The summed E-state index contributed by atoms with van der Waals surface area (Å²) in [5.41, 5.74) is 0.136. The third-order valence-electron chi connectivity index (χ3n) is 9.19. The van der Waals surface area contributed by atoms with Crippen molar-refractivity contribution in [2.45, 2.75) is 42.3 Å². The van der Waals surface area contributed by atoms with Gasteiger partial charge in [-0.3, -0.25) is 9.45 Å². The number of anilines is 1. The normalized spacial score (nSPS) is 19.4. The van der Waals surface area contributed by atoms with E-state index in [2.05, 4.69) is 31.1 Å². The van der Waals surface area contributed by atoms with E-state index >= 15 is 4.39 Å². The fraction of sp³-hybridized carbons (Fsp3) is 0.286. The minimum absolute atomic E-state index is 0.0348. The summed E-state index contributed by atoms with van der Waals surface area (Å²) in [5, 5.41) is 4.32. The smallest absolute Gasteiger partial charge is 0.317 e. The average Bonchev–Trinajstić information content (AvgIpc) is 3.60. The molecule has 0 bridgehead atoms. The van der Waals surface area contributed by atoms with E-state index in [-0.39, 0.29) is 57.6 Å².